The van der Waals surface area contributed by atoms with Gasteiger partial charge in [0.25, 0.3) is 5.56 Å². The van der Waals surface area contributed by atoms with Crippen molar-refractivity contribution in [3.05, 3.63) is 75.1 Å². The van der Waals surface area contributed by atoms with Crippen LogP contribution in [0.15, 0.2) is 47.3 Å². The number of aryl methyl sites for hydroxylation is 1. The summed E-state index contributed by atoms with van der Waals surface area (Å²) in [5.74, 6) is -0.464. The molecule has 3 aromatic rings. The number of amides is 1. The van der Waals surface area contributed by atoms with Crippen LogP contribution in [0.5, 0.6) is 11.5 Å². The minimum atomic E-state index is -1.03. The number of nitrogens with one attached hydrogen (secondary N) is 3. The molecule has 2 aromatic carbocycles. The molecule has 2 aliphatic heterocycles. The number of aromatic nitrogens is 2. The Morgan fingerprint density at radius 3 is 2.56 bits per heavy atom. The van der Waals surface area contributed by atoms with E-state index >= 15 is 0 Å². The predicted octanol–water partition coefficient (Wildman–Crippen LogP) is 2.94. The highest BCUT2D eigenvalue weighted by atomic mass is 16.6. The first-order valence-electron chi connectivity index (χ1n) is 11.1. The Morgan fingerprint density at radius 1 is 1.09 bits per heavy atom. The van der Waals surface area contributed by atoms with Crippen LogP contribution in [-0.2, 0) is 17.8 Å². The van der Waals surface area contributed by atoms with Crippen LogP contribution in [0.25, 0.3) is 0 Å². The normalized spacial score (nSPS) is 18.4. The lowest BCUT2D eigenvalue weighted by Crippen LogP contribution is -2.38. The minimum Gasteiger partial charge on any atom is -0.486 e. The molecule has 2 atom stereocenters. The molecular weight excluding hydrogens is 434 g/mol. The van der Waals surface area contributed by atoms with Crippen LogP contribution in [0, 0.1) is 17.2 Å². The topological polar surface area (TPSA) is 129 Å². The third-order valence-electron chi connectivity index (χ3n) is 6.08. The molecule has 5 rings (SSSR count). The van der Waals surface area contributed by atoms with E-state index in [1.807, 2.05) is 49.4 Å². The van der Waals surface area contributed by atoms with E-state index in [1.54, 1.807) is 0 Å². The number of carbonyl (C=O) groups is 1. The second-order valence-corrected chi connectivity index (χ2v) is 8.18. The minimum absolute atomic E-state index is 0.162. The zero-order valence-electron chi connectivity index (χ0n) is 18.6. The quantitative estimate of drug-likeness (QED) is 0.537. The van der Waals surface area contributed by atoms with Crippen molar-refractivity contribution in [2.24, 2.45) is 5.92 Å². The fourth-order valence-electron chi connectivity index (χ4n) is 4.30. The summed E-state index contributed by atoms with van der Waals surface area (Å²) in [5.41, 5.74) is 2.64. The van der Waals surface area contributed by atoms with E-state index in [0.29, 0.717) is 31.3 Å². The fourth-order valence-corrected chi connectivity index (χ4v) is 4.30. The number of rotatable bonds is 5. The summed E-state index contributed by atoms with van der Waals surface area (Å²) in [7, 11) is 0. The Morgan fingerprint density at radius 2 is 1.82 bits per heavy atom. The number of anilines is 2. The molecule has 2 unspecified atom stereocenters. The summed E-state index contributed by atoms with van der Waals surface area (Å²) >= 11 is 0. The molecule has 3 N–H and O–H groups in total. The molecule has 0 radical (unpaired) electrons. The Hall–Kier alpha value is -4.32. The molecule has 0 aliphatic carbocycles. The Labute approximate surface area is 195 Å². The van der Waals surface area contributed by atoms with Gasteiger partial charge in [-0.25, -0.2) is 0 Å². The van der Waals surface area contributed by atoms with Gasteiger partial charge in [0.2, 0.25) is 11.9 Å². The lowest BCUT2D eigenvalue weighted by atomic mass is 9.79. The smallest absolute Gasteiger partial charge is 0.258 e. The Kier molecular flexibility index (Phi) is 5.64. The molecule has 172 valence electrons. The molecule has 0 fully saturated rings. The molecule has 0 spiro atoms. The van der Waals surface area contributed by atoms with Crippen molar-refractivity contribution >= 4 is 17.7 Å². The van der Waals surface area contributed by atoms with Crippen LogP contribution >= 0.6 is 0 Å². The van der Waals surface area contributed by atoms with Crippen molar-refractivity contribution in [3.8, 4) is 17.6 Å². The molecule has 9 heteroatoms. The van der Waals surface area contributed by atoms with Crippen molar-refractivity contribution in [2.45, 2.75) is 25.8 Å². The number of hydrogen-bond acceptors (Lipinski definition) is 7. The molecular formula is C25H23N5O4. The van der Waals surface area contributed by atoms with Crippen molar-refractivity contribution in [3.63, 3.8) is 0 Å². The van der Waals surface area contributed by atoms with Crippen LogP contribution in [0.1, 0.15) is 35.1 Å². The van der Waals surface area contributed by atoms with E-state index in [0.717, 1.165) is 23.1 Å². The molecule has 3 heterocycles. The number of nitriles is 1. The maximum absolute atomic E-state index is 13.1. The van der Waals surface area contributed by atoms with Gasteiger partial charge in [-0.1, -0.05) is 37.3 Å². The number of H-pyrrole nitrogens is 1. The molecule has 1 amide bonds. The van der Waals surface area contributed by atoms with Gasteiger partial charge in [-0.05, 0) is 35.2 Å². The van der Waals surface area contributed by atoms with Gasteiger partial charge in [0, 0.05) is 12.5 Å². The van der Waals surface area contributed by atoms with Crippen molar-refractivity contribution in [1.82, 2.24) is 9.97 Å². The Balaban J connectivity index is 1.45. The molecule has 0 bridgehead atoms. The standard InChI is InChI=1S/C25H23N5O4/c1-2-14-3-6-16(7-4-14)20-17(12-26)23(31)28-22-21(20)24(32)30-25(29-22)27-13-15-5-8-18-19(11-15)34-10-9-33-18/h3-8,11,17,20H,2,9-10,13H2,1H3,(H3,27,28,29,30,31,32). The first kappa shape index (κ1) is 21.5. The predicted molar refractivity (Wildman–Crippen MR) is 125 cm³/mol. The number of fused-ring (bicyclic) bond motifs is 2. The van der Waals surface area contributed by atoms with E-state index in [4.69, 9.17) is 9.47 Å². The third kappa shape index (κ3) is 3.94. The van der Waals surface area contributed by atoms with Crippen LogP contribution < -0.4 is 25.7 Å². The maximum Gasteiger partial charge on any atom is 0.258 e. The highest BCUT2D eigenvalue weighted by Gasteiger charge is 2.40. The number of aromatic amines is 1. The zero-order chi connectivity index (χ0) is 23.7. The summed E-state index contributed by atoms with van der Waals surface area (Å²) in [4.78, 5) is 33.0. The maximum atomic E-state index is 13.1. The summed E-state index contributed by atoms with van der Waals surface area (Å²) in [5, 5.41) is 15.4. The first-order valence-corrected chi connectivity index (χ1v) is 11.1. The summed E-state index contributed by atoms with van der Waals surface area (Å²) in [6, 6.07) is 15.3. The van der Waals surface area contributed by atoms with Gasteiger partial charge in [-0.15, -0.1) is 0 Å². The van der Waals surface area contributed by atoms with Crippen molar-refractivity contribution < 1.29 is 14.3 Å². The van der Waals surface area contributed by atoms with Crippen LogP contribution in [0.3, 0.4) is 0 Å². The van der Waals surface area contributed by atoms with E-state index < -0.39 is 23.3 Å². The highest BCUT2D eigenvalue weighted by molar-refractivity contribution is 5.97. The summed E-state index contributed by atoms with van der Waals surface area (Å²) < 4.78 is 11.1. The average Bonchev–Trinajstić information content (AvgIpc) is 2.86. The summed E-state index contributed by atoms with van der Waals surface area (Å²) in [6.45, 7) is 3.43. The fraction of sp³-hybridized carbons (Fsp3) is 0.280. The number of hydrogen-bond donors (Lipinski definition) is 3. The van der Waals surface area contributed by atoms with E-state index in [1.165, 1.54) is 0 Å². The lowest BCUT2D eigenvalue weighted by Gasteiger charge is -2.28. The van der Waals surface area contributed by atoms with Crippen LogP contribution in [0.2, 0.25) is 0 Å². The van der Waals surface area contributed by atoms with Gasteiger partial charge >= 0.3 is 0 Å². The van der Waals surface area contributed by atoms with E-state index in [-0.39, 0.29) is 17.3 Å². The number of ether oxygens (including phenoxy) is 2. The van der Waals surface area contributed by atoms with Crippen LogP contribution in [-0.4, -0.2) is 29.1 Å². The number of nitrogens with zero attached hydrogens (tertiary/aromatic N) is 2. The van der Waals surface area contributed by atoms with Gasteiger partial charge in [0.05, 0.1) is 11.6 Å². The second kappa shape index (κ2) is 8.90. The van der Waals surface area contributed by atoms with Gasteiger partial charge in [0.15, 0.2) is 11.5 Å². The second-order valence-electron chi connectivity index (χ2n) is 8.18. The summed E-state index contributed by atoms with van der Waals surface area (Å²) in [6.07, 6.45) is 0.865. The molecule has 1 aromatic heterocycles. The average molecular weight is 457 g/mol. The zero-order valence-corrected chi connectivity index (χ0v) is 18.6. The molecule has 34 heavy (non-hydrogen) atoms. The first-order chi connectivity index (χ1) is 16.6. The van der Waals surface area contributed by atoms with Gasteiger partial charge in [0.1, 0.15) is 24.9 Å². The van der Waals surface area contributed by atoms with Gasteiger partial charge in [-0.2, -0.15) is 10.2 Å². The third-order valence-corrected chi connectivity index (χ3v) is 6.08. The molecule has 9 nitrogen and oxygen atoms in total. The Bertz CT molecular complexity index is 1340. The molecule has 2 aliphatic rings. The van der Waals surface area contributed by atoms with Crippen LogP contribution in [0.4, 0.5) is 11.8 Å². The van der Waals surface area contributed by atoms with Crippen molar-refractivity contribution in [1.29, 1.82) is 5.26 Å². The van der Waals surface area contributed by atoms with E-state index in [9.17, 15) is 14.9 Å². The number of carbonyl (C=O) groups excluding carboxylic acids is 1. The number of benzene rings is 2. The molecule has 0 saturated heterocycles. The van der Waals surface area contributed by atoms with E-state index in [2.05, 4.69) is 26.7 Å². The van der Waals surface area contributed by atoms with Gasteiger partial charge in [-0.3, -0.25) is 14.6 Å². The SMILES string of the molecule is CCc1ccc(C2c3c(nc(NCc4ccc5c(c4)OCCO5)[nH]c3=O)NC(=O)C2C#N)cc1. The van der Waals surface area contributed by atoms with Gasteiger partial charge < -0.3 is 20.1 Å². The molecule has 0 saturated carbocycles. The highest BCUT2D eigenvalue weighted by Crippen LogP contribution is 2.38. The monoisotopic (exact) mass is 457 g/mol. The van der Waals surface area contributed by atoms with Crippen molar-refractivity contribution in [2.75, 3.05) is 23.8 Å². The largest absolute Gasteiger partial charge is 0.486 e. The lowest BCUT2D eigenvalue weighted by molar-refractivity contribution is -0.119.